The van der Waals surface area contributed by atoms with Gasteiger partial charge in [-0.15, -0.1) is 16.4 Å². The molecule has 2 aromatic rings. The topological polar surface area (TPSA) is 92.3 Å². The van der Waals surface area contributed by atoms with E-state index in [1.807, 2.05) is 13.8 Å². The van der Waals surface area contributed by atoms with E-state index >= 15 is 0 Å². The summed E-state index contributed by atoms with van der Waals surface area (Å²) < 4.78 is 0. The molecule has 2 aromatic heterocycles. The molecule has 0 saturated carbocycles. The second-order valence-electron chi connectivity index (χ2n) is 5.30. The highest BCUT2D eigenvalue weighted by molar-refractivity contribution is 7.21. The van der Waals surface area contributed by atoms with Gasteiger partial charge in [-0.25, -0.2) is 0 Å². The Hall–Kier alpha value is -1.73. The number of aryl methyl sites for hydroxylation is 2. The summed E-state index contributed by atoms with van der Waals surface area (Å²) in [4.78, 5) is 15.2. The number of thiophene rings is 1. The standard InChI is InChI=1S/C14H20N4O2S/c1-7(19)5-6-18(4)14(20)12-11(15)10-8(2)9(3)16-17-13(10)21-12/h7,19H,5-6,15H2,1-4H3. The monoisotopic (exact) mass is 308 g/mol. The van der Waals surface area contributed by atoms with Crippen molar-refractivity contribution in [2.75, 3.05) is 19.3 Å². The van der Waals surface area contributed by atoms with Gasteiger partial charge in [-0.1, -0.05) is 0 Å². The molecule has 2 rings (SSSR count). The molecular formula is C14H20N4O2S. The fraction of sp³-hybridized carbons (Fsp3) is 0.500. The Bertz CT molecular complexity index is 681. The van der Waals surface area contributed by atoms with E-state index in [0.717, 1.165) is 16.6 Å². The zero-order valence-corrected chi connectivity index (χ0v) is 13.5. The van der Waals surface area contributed by atoms with Gasteiger partial charge < -0.3 is 15.7 Å². The summed E-state index contributed by atoms with van der Waals surface area (Å²) in [5.41, 5.74) is 8.39. The lowest BCUT2D eigenvalue weighted by Crippen LogP contribution is -2.29. The SMILES string of the molecule is Cc1nnc2sc(C(=O)N(C)CCC(C)O)c(N)c2c1C. The van der Waals surface area contributed by atoms with E-state index < -0.39 is 6.10 Å². The molecule has 0 aliphatic heterocycles. The molecule has 0 fully saturated rings. The molecule has 21 heavy (non-hydrogen) atoms. The molecule has 0 radical (unpaired) electrons. The van der Waals surface area contributed by atoms with Crippen molar-refractivity contribution in [3.63, 3.8) is 0 Å². The number of anilines is 1. The number of aromatic nitrogens is 2. The van der Waals surface area contributed by atoms with Gasteiger partial charge in [0.2, 0.25) is 0 Å². The summed E-state index contributed by atoms with van der Waals surface area (Å²) in [7, 11) is 1.71. The average molecular weight is 308 g/mol. The number of fused-ring (bicyclic) bond motifs is 1. The third kappa shape index (κ3) is 2.98. The van der Waals surface area contributed by atoms with Gasteiger partial charge in [-0.05, 0) is 32.8 Å². The van der Waals surface area contributed by atoms with Crippen molar-refractivity contribution in [1.82, 2.24) is 15.1 Å². The molecular weight excluding hydrogens is 288 g/mol. The molecule has 0 aliphatic rings. The van der Waals surface area contributed by atoms with Gasteiger partial charge in [0.15, 0.2) is 0 Å². The van der Waals surface area contributed by atoms with E-state index in [1.54, 1.807) is 18.9 Å². The Morgan fingerprint density at radius 3 is 2.71 bits per heavy atom. The zero-order valence-electron chi connectivity index (χ0n) is 12.7. The number of rotatable bonds is 4. The van der Waals surface area contributed by atoms with Crippen LogP contribution in [0.3, 0.4) is 0 Å². The molecule has 2 heterocycles. The smallest absolute Gasteiger partial charge is 0.265 e. The molecule has 7 heteroatoms. The van der Waals surface area contributed by atoms with Crippen LogP contribution in [0.25, 0.3) is 10.2 Å². The number of aliphatic hydroxyl groups excluding tert-OH is 1. The fourth-order valence-corrected chi connectivity index (χ4v) is 3.15. The van der Waals surface area contributed by atoms with Crippen LogP contribution in [0, 0.1) is 13.8 Å². The molecule has 3 N–H and O–H groups in total. The maximum absolute atomic E-state index is 12.5. The maximum Gasteiger partial charge on any atom is 0.265 e. The Labute approximate surface area is 127 Å². The van der Waals surface area contributed by atoms with Gasteiger partial charge in [0.1, 0.15) is 9.71 Å². The maximum atomic E-state index is 12.5. The van der Waals surface area contributed by atoms with E-state index in [2.05, 4.69) is 10.2 Å². The molecule has 0 saturated heterocycles. The molecule has 0 spiro atoms. The van der Waals surface area contributed by atoms with Crippen molar-refractivity contribution in [1.29, 1.82) is 0 Å². The highest BCUT2D eigenvalue weighted by Gasteiger charge is 2.22. The van der Waals surface area contributed by atoms with Crippen LogP contribution in [0.15, 0.2) is 0 Å². The lowest BCUT2D eigenvalue weighted by Gasteiger charge is -2.17. The number of carbonyl (C=O) groups is 1. The van der Waals surface area contributed by atoms with Crippen LogP contribution < -0.4 is 5.73 Å². The van der Waals surface area contributed by atoms with Crippen LogP contribution in [-0.4, -0.2) is 45.8 Å². The molecule has 1 amide bonds. The number of hydrogen-bond acceptors (Lipinski definition) is 6. The summed E-state index contributed by atoms with van der Waals surface area (Å²) in [6.45, 7) is 5.98. The number of nitrogens with two attached hydrogens (primary N) is 1. The quantitative estimate of drug-likeness (QED) is 0.897. The summed E-state index contributed by atoms with van der Waals surface area (Å²) in [5.74, 6) is -0.145. The van der Waals surface area contributed by atoms with E-state index in [9.17, 15) is 9.90 Å². The highest BCUT2D eigenvalue weighted by atomic mass is 32.1. The number of nitrogen functional groups attached to an aromatic ring is 1. The first-order valence-electron chi connectivity index (χ1n) is 6.78. The first kappa shape index (κ1) is 15.7. The molecule has 1 unspecified atom stereocenters. The summed E-state index contributed by atoms with van der Waals surface area (Å²) in [5, 5.41) is 18.3. The third-order valence-corrected chi connectivity index (χ3v) is 4.64. The van der Waals surface area contributed by atoms with Crippen molar-refractivity contribution in [3.8, 4) is 0 Å². The number of aliphatic hydroxyl groups is 1. The minimum atomic E-state index is -0.434. The predicted octanol–water partition coefficient (Wildman–Crippen LogP) is 1.73. The van der Waals surface area contributed by atoms with Gasteiger partial charge in [0, 0.05) is 19.0 Å². The first-order valence-corrected chi connectivity index (χ1v) is 7.60. The highest BCUT2D eigenvalue weighted by Crippen LogP contribution is 2.35. The summed E-state index contributed by atoms with van der Waals surface area (Å²) in [6.07, 6.45) is 0.0982. The van der Waals surface area contributed by atoms with E-state index in [-0.39, 0.29) is 5.91 Å². The van der Waals surface area contributed by atoms with Crippen molar-refractivity contribution in [3.05, 3.63) is 16.1 Å². The van der Waals surface area contributed by atoms with Crippen LogP contribution in [0.2, 0.25) is 0 Å². The third-order valence-electron chi connectivity index (χ3n) is 3.56. The molecule has 0 aliphatic carbocycles. The van der Waals surface area contributed by atoms with Crippen LogP contribution in [0.1, 0.15) is 34.3 Å². The lowest BCUT2D eigenvalue weighted by atomic mass is 10.1. The first-order chi connectivity index (χ1) is 9.82. The summed E-state index contributed by atoms with van der Waals surface area (Å²) in [6, 6.07) is 0. The minimum Gasteiger partial charge on any atom is -0.397 e. The van der Waals surface area contributed by atoms with Crippen LogP contribution >= 0.6 is 11.3 Å². The van der Waals surface area contributed by atoms with Crippen molar-refractivity contribution >= 4 is 33.1 Å². The van der Waals surface area contributed by atoms with Crippen molar-refractivity contribution < 1.29 is 9.90 Å². The Balaban J connectivity index is 2.36. The molecule has 6 nitrogen and oxygen atoms in total. The number of nitrogens with zero attached hydrogens (tertiary/aromatic N) is 3. The predicted molar refractivity (Wildman–Crippen MR) is 84.6 cm³/mol. The van der Waals surface area contributed by atoms with Crippen molar-refractivity contribution in [2.45, 2.75) is 33.3 Å². The molecule has 0 bridgehead atoms. The average Bonchev–Trinajstić information content (AvgIpc) is 2.77. The number of amides is 1. The van der Waals surface area contributed by atoms with E-state index in [4.69, 9.17) is 5.73 Å². The summed E-state index contributed by atoms with van der Waals surface area (Å²) >= 11 is 1.27. The molecule has 114 valence electrons. The Kier molecular flexibility index (Phi) is 4.43. The normalized spacial score (nSPS) is 12.6. The lowest BCUT2D eigenvalue weighted by molar-refractivity contribution is 0.0774. The van der Waals surface area contributed by atoms with E-state index in [0.29, 0.717) is 28.4 Å². The van der Waals surface area contributed by atoms with E-state index in [1.165, 1.54) is 11.3 Å². The second kappa shape index (κ2) is 5.95. The van der Waals surface area contributed by atoms with Crippen LogP contribution in [0.4, 0.5) is 5.69 Å². The Morgan fingerprint density at radius 1 is 1.43 bits per heavy atom. The minimum absolute atomic E-state index is 0.145. The van der Waals surface area contributed by atoms with Crippen molar-refractivity contribution in [2.24, 2.45) is 0 Å². The van der Waals surface area contributed by atoms with Gasteiger partial charge in [-0.2, -0.15) is 5.10 Å². The van der Waals surface area contributed by atoms with Crippen LogP contribution in [0.5, 0.6) is 0 Å². The van der Waals surface area contributed by atoms with Gasteiger partial charge in [0.05, 0.1) is 17.5 Å². The Morgan fingerprint density at radius 2 is 2.10 bits per heavy atom. The largest absolute Gasteiger partial charge is 0.397 e. The number of carbonyl (C=O) groups excluding carboxylic acids is 1. The van der Waals surface area contributed by atoms with Crippen LogP contribution in [-0.2, 0) is 0 Å². The van der Waals surface area contributed by atoms with Gasteiger partial charge in [-0.3, -0.25) is 4.79 Å². The molecule has 0 aromatic carbocycles. The van der Waals surface area contributed by atoms with Gasteiger partial charge in [0.25, 0.3) is 5.91 Å². The zero-order chi connectivity index (χ0) is 15.7. The second-order valence-corrected chi connectivity index (χ2v) is 6.30. The van der Waals surface area contributed by atoms with Gasteiger partial charge >= 0.3 is 0 Å². The fourth-order valence-electron chi connectivity index (χ4n) is 2.05. The number of hydrogen-bond donors (Lipinski definition) is 2. The molecule has 1 atom stereocenters.